The molecule has 1 aromatic carbocycles. The third-order valence-corrected chi connectivity index (χ3v) is 4.65. The Morgan fingerprint density at radius 3 is 2.85 bits per heavy atom. The maximum Gasteiger partial charge on any atom is 0.00728 e. The highest BCUT2D eigenvalue weighted by Crippen LogP contribution is 2.35. The van der Waals surface area contributed by atoms with Gasteiger partial charge in [0.1, 0.15) is 0 Å². The summed E-state index contributed by atoms with van der Waals surface area (Å²) in [7, 11) is 0. The van der Waals surface area contributed by atoms with Crippen LogP contribution in [0.25, 0.3) is 0 Å². The Kier molecular flexibility index (Phi) is 6.59. The number of hydrogen-bond donors (Lipinski definition) is 1. The first-order chi connectivity index (χ1) is 9.85. The SMILES string of the molecule is CCCCC(CC1CCCc2ccccc21)NCCC. The summed E-state index contributed by atoms with van der Waals surface area (Å²) >= 11 is 0. The summed E-state index contributed by atoms with van der Waals surface area (Å²) in [5.74, 6) is 0.783. The van der Waals surface area contributed by atoms with Gasteiger partial charge in [0.2, 0.25) is 0 Å². The molecule has 0 saturated carbocycles. The van der Waals surface area contributed by atoms with Crippen LogP contribution < -0.4 is 5.32 Å². The number of aryl methyl sites for hydroxylation is 1. The van der Waals surface area contributed by atoms with Gasteiger partial charge in [0.25, 0.3) is 0 Å². The van der Waals surface area contributed by atoms with E-state index in [1.807, 2.05) is 0 Å². The van der Waals surface area contributed by atoms with Crippen LogP contribution in [0.15, 0.2) is 24.3 Å². The average molecular weight is 273 g/mol. The van der Waals surface area contributed by atoms with Crippen molar-refractivity contribution in [1.29, 1.82) is 0 Å². The fourth-order valence-corrected chi connectivity index (χ4v) is 3.55. The Morgan fingerprint density at radius 1 is 1.20 bits per heavy atom. The maximum atomic E-state index is 3.78. The quantitative estimate of drug-likeness (QED) is 0.698. The molecule has 0 aliphatic heterocycles. The van der Waals surface area contributed by atoms with Crippen molar-refractivity contribution in [2.75, 3.05) is 6.54 Å². The topological polar surface area (TPSA) is 12.0 Å². The molecule has 1 aliphatic rings. The zero-order valence-corrected chi connectivity index (χ0v) is 13.3. The Morgan fingerprint density at radius 2 is 2.05 bits per heavy atom. The second-order valence-electron chi connectivity index (χ2n) is 6.32. The van der Waals surface area contributed by atoms with Crippen LogP contribution in [0.2, 0.25) is 0 Å². The van der Waals surface area contributed by atoms with Gasteiger partial charge in [0.15, 0.2) is 0 Å². The molecule has 0 fully saturated rings. The van der Waals surface area contributed by atoms with Gasteiger partial charge in [0, 0.05) is 6.04 Å². The van der Waals surface area contributed by atoms with Crippen LogP contribution in [0.5, 0.6) is 0 Å². The molecular formula is C19H31N. The van der Waals surface area contributed by atoms with Gasteiger partial charge in [-0.05, 0) is 62.1 Å². The Balaban J connectivity index is 1.99. The molecule has 0 saturated heterocycles. The van der Waals surface area contributed by atoms with E-state index < -0.39 is 0 Å². The van der Waals surface area contributed by atoms with Gasteiger partial charge >= 0.3 is 0 Å². The van der Waals surface area contributed by atoms with E-state index in [1.165, 1.54) is 57.9 Å². The lowest BCUT2D eigenvalue weighted by Gasteiger charge is -2.29. The third kappa shape index (κ3) is 4.34. The van der Waals surface area contributed by atoms with Gasteiger partial charge in [-0.2, -0.15) is 0 Å². The first-order valence-corrected chi connectivity index (χ1v) is 8.66. The molecule has 2 rings (SSSR count). The fraction of sp³-hybridized carbons (Fsp3) is 0.684. The molecule has 1 aromatic rings. The van der Waals surface area contributed by atoms with Crippen LogP contribution in [0.3, 0.4) is 0 Å². The highest BCUT2D eigenvalue weighted by Gasteiger charge is 2.22. The van der Waals surface area contributed by atoms with Crippen molar-refractivity contribution in [3.05, 3.63) is 35.4 Å². The van der Waals surface area contributed by atoms with E-state index in [-0.39, 0.29) is 0 Å². The van der Waals surface area contributed by atoms with Crippen LogP contribution in [-0.2, 0) is 6.42 Å². The summed E-state index contributed by atoms with van der Waals surface area (Å²) in [6, 6.07) is 9.84. The molecule has 0 radical (unpaired) electrons. The fourth-order valence-electron chi connectivity index (χ4n) is 3.55. The minimum Gasteiger partial charge on any atom is -0.314 e. The number of unbranched alkanes of at least 4 members (excludes halogenated alkanes) is 1. The molecule has 1 nitrogen and oxygen atoms in total. The van der Waals surface area contributed by atoms with Crippen molar-refractivity contribution < 1.29 is 0 Å². The number of rotatable bonds is 8. The summed E-state index contributed by atoms with van der Waals surface area (Å²) in [6.07, 6.45) is 10.6. The van der Waals surface area contributed by atoms with Crippen molar-refractivity contribution in [2.24, 2.45) is 0 Å². The van der Waals surface area contributed by atoms with Crippen LogP contribution in [0, 0.1) is 0 Å². The van der Waals surface area contributed by atoms with Crippen molar-refractivity contribution in [3.63, 3.8) is 0 Å². The minimum atomic E-state index is 0.714. The van der Waals surface area contributed by atoms with Gasteiger partial charge in [-0.15, -0.1) is 0 Å². The zero-order chi connectivity index (χ0) is 14.2. The lowest BCUT2D eigenvalue weighted by molar-refractivity contribution is 0.385. The summed E-state index contributed by atoms with van der Waals surface area (Å²) in [4.78, 5) is 0. The Labute approximate surface area is 125 Å². The van der Waals surface area contributed by atoms with E-state index in [9.17, 15) is 0 Å². The second kappa shape index (κ2) is 8.46. The lowest BCUT2D eigenvalue weighted by Crippen LogP contribution is -2.32. The molecule has 112 valence electrons. The molecule has 1 heteroatoms. The van der Waals surface area contributed by atoms with Crippen molar-refractivity contribution >= 4 is 0 Å². The van der Waals surface area contributed by atoms with E-state index >= 15 is 0 Å². The first kappa shape index (κ1) is 15.6. The number of fused-ring (bicyclic) bond motifs is 1. The first-order valence-electron chi connectivity index (χ1n) is 8.66. The third-order valence-electron chi connectivity index (χ3n) is 4.65. The standard InChI is InChI=1S/C19H31N/c1-3-5-12-18(20-14-4-2)15-17-11-8-10-16-9-6-7-13-19(16)17/h6-7,9,13,17-18,20H,3-5,8,10-12,14-15H2,1-2H3. The smallest absolute Gasteiger partial charge is 0.00728 e. The van der Waals surface area contributed by atoms with Crippen molar-refractivity contribution in [2.45, 2.75) is 77.2 Å². The Hall–Kier alpha value is -0.820. The molecule has 0 bridgehead atoms. The molecule has 0 heterocycles. The molecule has 20 heavy (non-hydrogen) atoms. The minimum absolute atomic E-state index is 0.714. The van der Waals surface area contributed by atoms with E-state index in [0.717, 1.165) is 5.92 Å². The monoisotopic (exact) mass is 273 g/mol. The maximum absolute atomic E-state index is 3.78. The van der Waals surface area contributed by atoms with Gasteiger partial charge in [-0.25, -0.2) is 0 Å². The molecule has 2 atom stereocenters. The second-order valence-corrected chi connectivity index (χ2v) is 6.32. The summed E-state index contributed by atoms with van der Waals surface area (Å²) < 4.78 is 0. The van der Waals surface area contributed by atoms with Gasteiger partial charge in [-0.1, -0.05) is 51.0 Å². The number of nitrogens with one attached hydrogen (secondary N) is 1. The van der Waals surface area contributed by atoms with Crippen LogP contribution >= 0.6 is 0 Å². The molecule has 1 N–H and O–H groups in total. The number of hydrogen-bond acceptors (Lipinski definition) is 1. The summed E-state index contributed by atoms with van der Waals surface area (Å²) in [5, 5.41) is 3.78. The van der Waals surface area contributed by atoms with E-state index in [0.29, 0.717) is 6.04 Å². The lowest BCUT2D eigenvalue weighted by atomic mass is 9.79. The van der Waals surface area contributed by atoms with Crippen LogP contribution in [-0.4, -0.2) is 12.6 Å². The zero-order valence-electron chi connectivity index (χ0n) is 13.3. The van der Waals surface area contributed by atoms with Crippen molar-refractivity contribution in [3.8, 4) is 0 Å². The normalized spacial score (nSPS) is 19.6. The predicted octanol–water partition coefficient (Wildman–Crippen LogP) is 5.06. The van der Waals surface area contributed by atoms with Gasteiger partial charge in [0.05, 0.1) is 0 Å². The van der Waals surface area contributed by atoms with E-state index in [1.54, 1.807) is 11.1 Å². The van der Waals surface area contributed by atoms with Gasteiger partial charge < -0.3 is 5.32 Å². The largest absolute Gasteiger partial charge is 0.314 e. The molecule has 0 aromatic heterocycles. The Bertz CT molecular complexity index is 377. The van der Waals surface area contributed by atoms with Crippen LogP contribution in [0.1, 0.15) is 75.8 Å². The summed E-state index contributed by atoms with van der Waals surface area (Å²) in [6.45, 7) is 5.73. The summed E-state index contributed by atoms with van der Waals surface area (Å²) in [5.41, 5.74) is 3.24. The van der Waals surface area contributed by atoms with Crippen molar-refractivity contribution in [1.82, 2.24) is 5.32 Å². The molecule has 0 spiro atoms. The van der Waals surface area contributed by atoms with E-state index in [4.69, 9.17) is 0 Å². The molecule has 0 amide bonds. The highest BCUT2D eigenvalue weighted by atomic mass is 14.9. The molecular weight excluding hydrogens is 242 g/mol. The molecule has 1 aliphatic carbocycles. The van der Waals surface area contributed by atoms with Crippen LogP contribution in [0.4, 0.5) is 0 Å². The van der Waals surface area contributed by atoms with Gasteiger partial charge in [-0.3, -0.25) is 0 Å². The number of benzene rings is 1. The highest BCUT2D eigenvalue weighted by molar-refractivity contribution is 5.32. The van der Waals surface area contributed by atoms with E-state index in [2.05, 4.69) is 43.4 Å². The average Bonchev–Trinajstić information content (AvgIpc) is 2.50. The predicted molar refractivity (Wildman–Crippen MR) is 88.3 cm³/mol. The molecule has 2 unspecified atom stereocenters.